The summed E-state index contributed by atoms with van der Waals surface area (Å²) < 4.78 is 0. The average Bonchev–Trinajstić information content (AvgIpc) is 2.83. The van der Waals surface area contributed by atoms with Crippen LogP contribution in [0.5, 0.6) is 0 Å². The van der Waals surface area contributed by atoms with Crippen molar-refractivity contribution < 1.29 is 9.90 Å². The minimum Gasteiger partial charge on any atom is -0.391 e. The molecule has 0 spiro atoms. The number of β-amino-alcohol motifs (C(OH)–C–C–N with tert-alkyl or cyclic N) is 1. The van der Waals surface area contributed by atoms with Crippen LogP contribution in [0.3, 0.4) is 0 Å². The average molecular weight is 255 g/mol. The van der Waals surface area contributed by atoms with Crippen LogP contribution in [0.1, 0.15) is 25.7 Å². The lowest BCUT2D eigenvalue weighted by Crippen LogP contribution is -2.47. The van der Waals surface area contributed by atoms with E-state index in [4.69, 9.17) is 5.73 Å². The first kappa shape index (κ1) is 13.8. The maximum Gasteiger partial charge on any atom is 0.227 e. The molecule has 1 heterocycles. The zero-order valence-corrected chi connectivity index (χ0v) is 11.4. The number of amides is 1. The second kappa shape index (κ2) is 5.55. The van der Waals surface area contributed by atoms with Crippen molar-refractivity contribution in [2.45, 2.75) is 43.9 Å². The topological polar surface area (TPSA) is 69.8 Å². The molecule has 18 heavy (non-hydrogen) atoms. The van der Waals surface area contributed by atoms with Crippen LogP contribution in [-0.4, -0.2) is 66.2 Å². The number of hydrogen-bond donors (Lipinski definition) is 2. The fourth-order valence-corrected chi connectivity index (χ4v) is 3.26. The zero-order valence-electron chi connectivity index (χ0n) is 11.4. The van der Waals surface area contributed by atoms with Gasteiger partial charge in [-0.1, -0.05) is 6.42 Å². The molecule has 5 nitrogen and oxygen atoms in total. The number of hydrogen-bond acceptors (Lipinski definition) is 4. The molecule has 1 saturated heterocycles. The van der Waals surface area contributed by atoms with Crippen LogP contribution < -0.4 is 5.73 Å². The molecule has 1 aliphatic carbocycles. The normalized spacial score (nSPS) is 36.6. The van der Waals surface area contributed by atoms with E-state index >= 15 is 0 Å². The zero-order chi connectivity index (χ0) is 13.3. The van der Waals surface area contributed by atoms with E-state index in [1.165, 1.54) is 0 Å². The van der Waals surface area contributed by atoms with Crippen molar-refractivity contribution in [2.75, 3.05) is 27.2 Å². The van der Waals surface area contributed by atoms with Crippen LogP contribution in [0.4, 0.5) is 0 Å². The second-order valence-electron chi connectivity index (χ2n) is 6.00. The molecule has 2 fully saturated rings. The molecule has 104 valence electrons. The summed E-state index contributed by atoms with van der Waals surface area (Å²) in [6, 6.07) is 0.144. The molecule has 3 N–H and O–H groups in total. The number of likely N-dealkylation sites (N-methyl/N-ethyl adjacent to an activating group) is 1. The molecule has 1 saturated carbocycles. The maximum absolute atomic E-state index is 12.5. The molecule has 0 radical (unpaired) electrons. The SMILES string of the molecule is CN(C)CC1CC(O)CN1C(=O)C1CCCC1N. The first-order chi connectivity index (χ1) is 8.49. The van der Waals surface area contributed by atoms with E-state index in [1.807, 2.05) is 19.0 Å². The molecule has 0 bridgehead atoms. The van der Waals surface area contributed by atoms with Gasteiger partial charge in [0.1, 0.15) is 0 Å². The Bertz CT molecular complexity index is 309. The monoisotopic (exact) mass is 255 g/mol. The highest BCUT2D eigenvalue weighted by molar-refractivity contribution is 5.80. The number of carbonyl (C=O) groups excluding carboxylic acids is 1. The van der Waals surface area contributed by atoms with Crippen LogP contribution in [0, 0.1) is 5.92 Å². The van der Waals surface area contributed by atoms with Gasteiger partial charge in [-0.3, -0.25) is 4.79 Å². The van der Waals surface area contributed by atoms with Gasteiger partial charge in [0.2, 0.25) is 5.91 Å². The Morgan fingerprint density at radius 3 is 2.72 bits per heavy atom. The largest absolute Gasteiger partial charge is 0.391 e. The lowest BCUT2D eigenvalue weighted by Gasteiger charge is -2.30. The number of nitrogens with two attached hydrogens (primary N) is 1. The molecule has 1 amide bonds. The highest BCUT2D eigenvalue weighted by Crippen LogP contribution is 2.29. The molecular weight excluding hydrogens is 230 g/mol. The van der Waals surface area contributed by atoms with E-state index < -0.39 is 0 Å². The third-order valence-electron chi connectivity index (χ3n) is 4.14. The van der Waals surface area contributed by atoms with Crippen LogP contribution in [-0.2, 0) is 4.79 Å². The van der Waals surface area contributed by atoms with Gasteiger partial charge in [0, 0.05) is 25.2 Å². The fourth-order valence-electron chi connectivity index (χ4n) is 3.26. The van der Waals surface area contributed by atoms with E-state index in [0.29, 0.717) is 13.0 Å². The van der Waals surface area contributed by atoms with Gasteiger partial charge in [0.05, 0.1) is 12.0 Å². The minimum absolute atomic E-state index is 0.00949. The van der Waals surface area contributed by atoms with Gasteiger partial charge in [0.25, 0.3) is 0 Å². The summed E-state index contributed by atoms with van der Waals surface area (Å²) in [6.07, 6.45) is 3.21. The number of carbonyl (C=O) groups is 1. The van der Waals surface area contributed by atoms with E-state index in [2.05, 4.69) is 4.90 Å². The van der Waals surface area contributed by atoms with E-state index in [1.54, 1.807) is 0 Å². The summed E-state index contributed by atoms with van der Waals surface area (Å²) in [7, 11) is 3.99. The Morgan fingerprint density at radius 1 is 1.44 bits per heavy atom. The van der Waals surface area contributed by atoms with E-state index in [0.717, 1.165) is 25.8 Å². The van der Waals surface area contributed by atoms with Gasteiger partial charge in [-0.2, -0.15) is 0 Å². The standard InChI is InChI=1S/C13H25N3O2/c1-15(2)7-9-6-10(17)8-16(9)13(18)11-4-3-5-12(11)14/h9-12,17H,3-8,14H2,1-2H3. The highest BCUT2D eigenvalue weighted by atomic mass is 16.3. The molecule has 2 rings (SSSR count). The molecule has 0 aromatic carbocycles. The van der Waals surface area contributed by atoms with Gasteiger partial charge in [0.15, 0.2) is 0 Å². The van der Waals surface area contributed by atoms with Gasteiger partial charge in [-0.25, -0.2) is 0 Å². The quantitative estimate of drug-likeness (QED) is 0.722. The van der Waals surface area contributed by atoms with Crippen molar-refractivity contribution in [1.82, 2.24) is 9.80 Å². The predicted octanol–water partition coefficient (Wildman–Crippen LogP) is -0.363. The van der Waals surface area contributed by atoms with Crippen molar-refractivity contribution in [1.29, 1.82) is 0 Å². The first-order valence-electron chi connectivity index (χ1n) is 6.88. The minimum atomic E-state index is -0.378. The third kappa shape index (κ3) is 2.84. The van der Waals surface area contributed by atoms with Gasteiger partial charge >= 0.3 is 0 Å². The lowest BCUT2D eigenvalue weighted by atomic mass is 10.0. The Kier molecular flexibility index (Phi) is 4.25. The summed E-state index contributed by atoms with van der Waals surface area (Å²) in [6.45, 7) is 1.28. The molecule has 5 heteroatoms. The second-order valence-corrected chi connectivity index (χ2v) is 6.00. The van der Waals surface area contributed by atoms with E-state index in [9.17, 15) is 9.90 Å². The smallest absolute Gasteiger partial charge is 0.227 e. The van der Waals surface area contributed by atoms with Crippen molar-refractivity contribution in [3.05, 3.63) is 0 Å². The molecule has 0 aromatic rings. The van der Waals surface area contributed by atoms with Gasteiger partial charge in [-0.05, 0) is 33.4 Å². The number of rotatable bonds is 3. The van der Waals surface area contributed by atoms with Gasteiger partial charge in [-0.15, -0.1) is 0 Å². The number of aliphatic hydroxyl groups is 1. The first-order valence-corrected chi connectivity index (χ1v) is 6.88. The molecule has 4 unspecified atom stereocenters. The summed E-state index contributed by atoms with van der Waals surface area (Å²) in [5.74, 6) is 0.128. The lowest BCUT2D eigenvalue weighted by molar-refractivity contribution is -0.137. The molecule has 2 aliphatic rings. The molecular formula is C13H25N3O2. The summed E-state index contributed by atoms with van der Waals surface area (Å²) in [5.41, 5.74) is 6.01. The Hall–Kier alpha value is -0.650. The van der Waals surface area contributed by atoms with Crippen molar-refractivity contribution in [3.63, 3.8) is 0 Å². The van der Waals surface area contributed by atoms with Crippen molar-refractivity contribution in [3.8, 4) is 0 Å². The predicted molar refractivity (Wildman–Crippen MR) is 70.0 cm³/mol. The Balaban J connectivity index is 2.03. The summed E-state index contributed by atoms with van der Waals surface area (Å²) >= 11 is 0. The number of likely N-dealkylation sites (tertiary alicyclic amines) is 1. The number of nitrogens with zero attached hydrogens (tertiary/aromatic N) is 2. The molecule has 4 atom stereocenters. The highest BCUT2D eigenvalue weighted by Gasteiger charge is 2.40. The van der Waals surface area contributed by atoms with Crippen LogP contribution in [0.15, 0.2) is 0 Å². The van der Waals surface area contributed by atoms with E-state index in [-0.39, 0.29) is 30.0 Å². The van der Waals surface area contributed by atoms with Crippen LogP contribution in [0.25, 0.3) is 0 Å². The van der Waals surface area contributed by atoms with Crippen LogP contribution in [0.2, 0.25) is 0 Å². The van der Waals surface area contributed by atoms with Crippen LogP contribution >= 0.6 is 0 Å². The molecule has 0 aromatic heterocycles. The van der Waals surface area contributed by atoms with Gasteiger partial charge < -0.3 is 20.6 Å². The number of aliphatic hydroxyl groups excluding tert-OH is 1. The Labute approximate surface area is 109 Å². The van der Waals surface area contributed by atoms with Crippen molar-refractivity contribution in [2.24, 2.45) is 11.7 Å². The summed E-state index contributed by atoms with van der Waals surface area (Å²) in [5, 5.41) is 9.80. The summed E-state index contributed by atoms with van der Waals surface area (Å²) in [4.78, 5) is 16.4. The van der Waals surface area contributed by atoms with Crippen molar-refractivity contribution >= 4 is 5.91 Å². The Morgan fingerprint density at radius 2 is 2.17 bits per heavy atom. The molecule has 1 aliphatic heterocycles. The maximum atomic E-state index is 12.5. The third-order valence-corrected chi connectivity index (χ3v) is 4.14. The fraction of sp³-hybridized carbons (Fsp3) is 0.923.